The molecule has 0 saturated carbocycles. The third-order valence-electron chi connectivity index (χ3n) is 1.54. The molecule has 0 aromatic rings. The molecule has 0 radical (unpaired) electrons. The van der Waals surface area contributed by atoms with Crippen LogP contribution in [-0.2, 0) is 4.79 Å². The van der Waals surface area contributed by atoms with Gasteiger partial charge in [0.05, 0.1) is 5.70 Å². The molecule has 0 saturated heterocycles. The van der Waals surface area contributed by atoms with Crippen LogP contribution < -0.4 is 22.5 Å². The highest BCUT2D eigenvalue weighted by Crippen LogP contribution is 2.03. The molecule has 6 heteroatoms. The van der Waals surface area contributed by atoms with Gasteiger partial charge >= 0.3 is 0 Å². The van der Waals surface area contributed by atoms with Crippen LogP contribution in [0.25, 0.3) is 0 Å². The molecule has 0 aromatic heterocycles. The maximum atomic E-state index is 10.9. The molecule has 0 fully saturated rings. The Labute approximate surface area is 94.3 Å². The molecule has 0 aliphatic heterocycles. The van der Waals surface area contributed by atoms with E-state index in [1.165, 1.54) is 6.08 Å². The highest BCUT2D eigenvalue weighted by Gasteiger charge is 2.07. The van der Waals surface area contributed by atoms with Gasteiger partial charge in [-0.05, 0) is 12.0 Å². The van der Waals surface area contributed by atoms with Crippen molar-refractivity contribution in [2.45, 2.75) is 13.8 Å². The maximum absolute atomic E-state index is 10.9. The summed E-state index contributed by atoms with van der Waals surface area (Å²) in [6.45, 7) is 4.67. The van der Waals surface area contributed by atoms with Crippen molar-refractivity contribution in [2.75, 3.05) is 6.54 Å². The zero-order valence-electron chi connectivity index (χ0n) is 8.88. The van der Waals surface area contributed by atoms with Crippen LogP contribution in [-0.4, -0.2) is 12.5 Å². The van der Waals surface area contributed by atoms with Crippen LogP contribution in [0.1, 0.15) is 13.8 Å². The van der Waals surface area contributed by atoms with Gasteiger partial charge < -0.3 is 22.5 Å². The second-order valence-electron chi connectivity index (χ2n) is 3.50. The van der Waals surface area contributed by atoms with Crippen LogP contribution in [0.2, 0.25) is 0 Å². The van der Waals surface area contributed by atoms with Crippen molar-refractivity contribution in [3.8, 4) is 0 Å². The number of carbonyl (C=O) groups excluding carboxylic acids is 1. The molecule has 0 aliphatic carbocycles. The minimum atomic E-state index is -0.713. The summed E-state index contributed by atoms with van der Waals surface area (Å²) < 4.78 is 0. The van der Waals surface area contributed by atoms with Crippen molar-refractivity contribution in [3.05, 3.63) is 22.6 Å². The Morgan fingerprint density at radius 2 is 1.93 bits per heavy atom. The fourth-order valence-corrected chi connectivity index (χ4v) is 0.918. The lowest BCUT2D eigenvalue weighted by atomic mass is 10.2. The highest BCUT2D eigenvalue weighted by atomic mass is 35.5. The van der Waals surface area contributed by atoms with Gasteiger partial charge in [0.25, 0.3) is 5.91 Å². The van der Waals surface area contributed by atoms with Gasteiger partial charge in [-0.25, -0.2) is 0 Å². The molecule has 5 nitrogen and oxygen atoms in total. The maximum Gasteiger partial charge on any atom is 0.266 e. The number of allylic oxidation sites excluding steroid dienone is 1. The van der Waals surface area contributed by atoms with E-state index in [1.807, 2.05) is 13.8 Å². The van der Waals surface area contributed by atoms with Crippen molar-refractivity contribution in [1.29, 1.82) is 0 Å². The fraction of sp³-hybridized carbons (Fsp3) is 0.444. The van der Waals surface area contributed by atoms with E-state index in [4.69, 9.17) is 28.8 Å². The summed E-state index contributed by atoms with van der Waals surface area (Å²) >= 11 is 5.49. The van der Waals surface area contributed by atoms with Crippen LogP contribution in [0.5, 0.6) is 0 Å². The first-order chi connectivity index (χ1) is 6.84. The lowest BCUT2D eigenvalue weighted by molar-refractivity contribution is -0.114. The standard InChI is InChI=1S/C9H17ClN4O/c1-5(2)4-14-6(3-7(10)11)8(12)9(13)15/h3,5,14H,4,11-12H2,1-2H3,(H2,13,15)/b7-3-,8-6+. The summed E-state index contributed by atoms with van der Waals surface area (Å²) in [6, 6.07) is 0. The average Bonchev–Trinajstić information content (AvgIpc) is 2.10. The van der Waals surface area contributed by atoms with Crippen LogP contribution in [0.3, 0.4) is 0 Å². The SMILES string of the molecule is CC(C)CNC(/C=C(\N)Cl)=C(/N)C(N)=O. The Hall–Kier alpha value is -1.36. The molecule has 1 amide bonds. The van der Waals surface area contributed by atoms with Gasteiger partial charge in [0, 0.05) is 6.54 Å². The Morgan fingerprint density at radius 1 is 1.40 bits per heavy atom. The third kappa shape index (κ3) is 5.85. The number of rotatable bonds is 5. The zero-order valence-corrected chi connectivity index (χ0v) is 9.64. The summed E-state index contributed by atoms with van der Waals surface area (Å²) in [6.07, 6.45) is 1.37. The molecule has 0 bridgehead atoms. The van der Waals surface area contributed by atoms with Gasteiger partial charge in [0.15, 0.2) is 0 Å². The van der Waals surface area contributed by atoms with E-state index in [0.717, 1.165) is 0 Å². The van der Waals surface area contributed by atoms with E-state index in [-0.39, 0.29) is 10.9 Å². The number of nitrogens with one attached hydrogen (secondary N) is 1. The van der Waals surface area contributed by atoms with E-state index in [2.05, 4.69) is 5.32 Å². The van der Waals surface area contributed by atoms with Crippen molar-refractivity contribution in [1.82, 2.24) is 5.32 Å². The Morgan fingerprint density at radius 3 is 2.27 bits per heavy atom. The molecular weight excluding hydrogens is 216 g/mol. The molecule has 15 heavy (non-hydrogen) atoms. The predicted molar refractivity (Wildman–Crippen MR) is 61.4 cm³/mol. The molecule has 0 aromatic carbocycles. The molecule has 0 aliphatic rings. The molecule has 0 spiro atoms. The number of amides is 1. The van der Waals surface area contributed by atoms with Crippen molar-refractivity contribution < 1.29 is 4.79 Å². The van der Waals surface area contributed by atoms with E-state index in [0.29, 0.717) is 18.2 Å². The largest absolute Gasteiger partial charge is 0.393 e. The van der Waals surface area contributed by atoms with Gasteiger partial charge in [0.1, 0.15) is 10.9 Å². The first-order valence-electron chi connectivity index (χ1n) is 4.50. The molecular formula is C9H17ClN4O. The summed E-state index contributed by atoms with van der Waals surface area (Å²) in [5.41, 5.74) is 16.1. The molecule has 0 unspecified atom stereocenters. The van der Waals surface area contributed by atoms with Crippen molar-refractivity contribution >= 4 is 17.5 Å². The van der Waals surface area contributed by atoms with E-state index in [1.54, 1.807) is 0 Å². The van der Waals surface area contributed by atoms with Gasteiger partial charge in [-0.15, -0.1) is 0 Å². The van der Waals surface area contributed by atoms with Gasteiger partial charge in [-0.1, -0.05) is 25.4 Å². The molecule has 0 heterocycles. The predicted octanol–water partition coefficient (Wildman–Crippen LogP) is -0.0735. The average molecular weight is 233 g/mol. The van der Waals surface area contributed by atoms with Crippen LogP contribution in [0.15, 0.2) is 22.6 Å². The van der Waals surface area contributed by atoms with E-state index >= 15 is 0 Å². The summed E-state index contributed by atoms with van der Waals surface area (Å²) in [5, 5.41) is 2.98. The van der Waals surface area contributed by atoms with Crippen LogP contribution >= 0.6 is 11.6 Å². The van der Waals surface area contributed by atoms with Gasteiger partial charge in [-0.2, -0.15) is 0 Å². The number of primary amides is 1. The van der Waals surface area contributed by atoms with Crippen LogP contribution in [0, 0.1) is 5.92 Å². The number of halogens is 1. The Kier molecular flexibility index (Phi) is 5.62. The minimum Gasteiger partial charge on any atom is -0.393 e. The van der Waals surface area contributed by atoms with E-state index < -0.39 is 5.91 Å². The smallest absolute Gasteiger partial charge is 0.266 e. The molecule has 7 N–H and O–H groups in total. The lowest BCUT2D eigenvalue weighted by Gasteiger charge is -2.11. The number of carbonyl (C=O) groups is 1. The third-order valence-corrected chi connectivity index (χ3v) is 1.65. The number of hydrogen-bond donors (Lipinski definition) is 4. The van der Waals surface area contributed by atoms with E-state index in [9.17, 15) is 4.79 Å². The molecule has 0 atom stereocenters. The van der Waals surface area contributed by atoms with Crippen molar-refractivity contribution in [3.63, 3.8) is 0 Å². The van der Waals surface area contributed by atoms with Crippen molar-refractivity contribution in [2.24, 2.45) is 23.1 Å². The fourth-order valence-electron chi connectivity index (χ4n) is 0.809. The van der Waals surface area contributed by atoms with Gasteiger partial charge in [-0.3, -0.25) is 4.79 Å². The topological polar surface area (TPSA) is 107 Å². The van der Waals surface area contributed by atoms with Crippen LogP contribution in [0.4, 0.5) is 0 Å². The first kappa shape index (κ1) is 13.6. The lowest BCUT2D eigenvalue weighted by Crippen LogP contribution is -2.28. The monoisotopic (exact) mass is 232 g/mol. The summed E-state index contributed by atoms with van der Waals surface area (Å²) in [7, 11) is 0. The quantitative estimate of drug-likeness (QED) is 0.302. The summed E-state index contributed by atoms with van der Waals surface area (Å²) in [5.74, 6) is -0.318. The number of nitrogens with two attached hydrogens (primary N) is 3. The second kappa shape index (κ2) is 6.19. The molecule has 0 rings (SSSR count). The first-order valence-corrected chi connectivity index (χ1v) is 4.88. The second-order valence-corrected chi connectivity index (χ2v) is 3.93. The minimum absolute atomic E-state index is 0.0328. The highest BCUT2D eigenvalue weighted by molar-refractivity contribution is 6.29. The molecule has 86 valence electrons. The Bertz CT molecular complexity index is 292. The Balaban J connectivity index is 4.82. The summed E-state index contributed by atoms with van der Waals surface area (Å²) in [4.78, 5) is 10.9. The van der Waals surface area contributed by atoms with Gasteiger partial charge in [0.2, 0.25) is 0 Å². The number of hydrogen-bond acceptors (Lipinski definition) is 4. The zero-order chi connectivity index (χ0) is 12.0. The normalized spacial score (nSPS) is 13.7.